The second-order valence-electron chi connectivity index (χ2n) is 5.04. The highest BCUT2D eigenvalue weighted by Crippen LogP contribution is 2.23. The van der Waals surface area contributed by atoms with Gasteiger partial charge in [-0.3, -0.25) is 0 Å². The molecule has 0 spiro atoms. The summed E-state index contributed by atoms with van der Waals surface area (Å²) in [6.07, 6.45) is 3.65. The van der Waals surface area contributed by atoms with Gasteiger partial charge < -0.3 is 15.2 Å². The van der Waals surface area contributed by atoms with Crippen LogP contribution in [-0.4, -0.2) is 34.9 Å². The lowest BCUT2D eigenvalue weighted by atomic mass is 9.85. The van der Waals surface area contributed by atoms with Crippen LogP contribution in [0.2, 0.25) is 0 Å². The fourth-order valence-electron chi connectivity index (χ4n) is 2.58. The summed E-state index contributed by atoms with van der Waals surface area (Å²) in [5.74, 6) is 3.36. The van der Waals surface area contributed by atoms with Crippen LogP contribution in [-0.2, 0) is 13.5 Å². The predicted octanol–water partition coefficient (Wildman–Crippen LogP) is 1.03. The van der Waals surface area contributed by atoms with Gasteiger partial charge in [0.2, 0.25) is 5.95 Å². The van der Waals surface area contributed by atoms with Gasteiger partial charge >= 0.3 is 0 Å². The van der Waals surface area contributed by atoms with E-state index in [1.165, 1.54) is 19.4 Å². The Balaban J connectivity index is 1.96. The minimum absolute atomic E-state index is 0.662. The smallest absolute Gasteiger partial charge is 0.224 e. The normalized spacial score (nSPS) is 22.4. The van der Waals surface area contributed by atoms with Crippen molar-refractivity contribution in [1.82, 2.24) is 20.1 Å². The molecule has 5 nitrogen and oxygen atoms in total. The van der Waals surface area contributed by atoms with Gasteiger partial charge in [0.1, 0.15) is 5.82 Å². The summed E-state index contributed by atoms with van der Waals surface area (Å²) in [5, 5.41) is 14.9. The summed E-state index contributed by atoms with van der Waals surface area (Å²) in [7, 11) is 3.90. The first kappa shape index (κ1) is 12.4. The molecule has 0 saturated carbocycles. The zero-order valence-corrected chi connectivity index (χ0v) is 11.0. The van der Waals surface area contributed by atoms with Crippen LogP contribution in [0, 0.1) is 11.8 Å². The van der Waals surface area contributed by atoms with E-state index in [1.807, 2.05) is 18.7 Å². The highest BCUT2D eigenvalue weighted by atomic mass is 15.3. The third-order valence-electron chi connectivity index (χ3n) is 3.83. The first-order valence-corrected chi connectivity index (χ1v) is 6.49. The number of aromatic nitrogens is 3. The molecule has 1 aromatic rings. The molecule has 5 heteroatoms. The molecule has 2 atom stereocenters. The third-order valence-corrected chi connectivity index (χ3v) is 3.83. The van der Waals surface area contributed by atoms with Gasteiger partial charge in [0.25, 0.3) is 0 Å². The Morgan fingerprint density at radius 3 is 2.94 bits per heavy atom. The molecule has 0 amide bonds. The largest absolute Gasteiger partial charge is 0.357 e. The van der Waals surface area contributed by atoms with Gasteiger partial charge in [0, 0.05) is 20.5 Å². The predicted molar refractivity (Wildman–Crippen MR) is 69.0 cm³/mol. The number of hydrogen-bond acceptors (Lipinski definition) is 4. The van der Waals surface area contributed by atoms with Gasteiger partial charge in [-0.2, -0.15) is 0 Å². The van der Waals surface area contributed by atoms with Crippen LogP contribution in [0.1, 0.15) is 25.6 Å². The molecule has 2 rings (SSSR count). The van der Waals surface area contributed by atoms with E-state index in [0.29, 0.717) is 5.92 Å². The van der Waals surface area contributed by atoms with E-state index >= 15 is 0 Å². The van der Waals surface area contributed by atoms with E-state index in [-0.39, 0.29) is 0 Å². The zero-order chi connectivity index (χ0) is 12.3. The van der Waals surface area contributed by atoms with Crippen molar-refractivity contribution in [2.24, 2.45) is 18.9 Å². The van der Waals surface area contributed by atoms with E-state index in [1.54, 1.807) is 0 Å². The van der Waals surface area contributed by atoms with Crippen molar-refractivity contribution in [3.8, 4) is 0 Å². The lowest BCUT2D eigenvalue weighted by molar-refractivity contribution is 0.275. The van der Waals surface area contributed by atoms with E-state index in [4.69, 9.17) is 0 Å². The molecular weight excluding hydrogens is 214 g/mol. The maximum atomic E-state index is 4.25. The molecule has 1 saturated heterocycles. The summed E-state index contributed by atoms with van der Waals surface area (Å²) in [5.41, 5.74) is 0. The summed E-state index contributed by atoms with van der Waals surface area (Å²) in [4.78, 5) is 0. The van der Waals surface area contributed by atoms with Crippen LogP contribution in [0.3, 0.4) is 0 Å². The van der Waals surface area contributed by atoms with Crippen molar-refractivity contribution in [3.05, 3.63) is 5.82 Å². The fraction of sp³-hybridized carbons (Fsp3) is 0.833. The van der Waals surface area contributed by atoms with Crippen LogP contribution >= 0.6 is 0 Å². The monoisotopic (exact) mass is 237 g/mol. The van der Waals surface area contributed by atoms with Crippen LogP contribution in [0.15, 0.2) is 0 Å². The first-order valence-electron chi connectivity index (χ1n) is 6.49. The number of nitrogens with zero attached hydrogens (tertiary/aromatic N) is 3. The average Bonchev–Trinajstić information content (AvgIpc) is 2.71. The van der Waals surface area contributed by atoms with Gasteiger partial charge in [0.15, 0.2) is 0 Å². The zero-order valence-electron chi connectivity index (χ0n) is 11.0. The van der Waals surface area contributed by atoms with Gasteiger partial charge in [-0.25, -0.2) is 0 Å². The molecule has 2 heterocycles. The van der Waals surface area contributed by atoms with Gasteiger partial charge in [-0.15, -0.1) is 10.2 Å². The van der Waals surface area contributed by atoms with Crippen LogP contribution < -0.4 is 10.6 Å². The standard InChI is InChI=1S/C12H23N5/c1-9(10-5-4-6-14-8-10)7-11-15-16-12(13-2)17(11)3/h9-10,14H,4-8H2,1-3H3,(H,13,16). The number of piperidine rings is 1. The molecule has 0 aliphatic carbocycles. The second-order valence-corrected chi connectivity index (χ2v) is 5.04. The minimum atomic E-state index is 0.662. The minimum Gasteiger partial charge on any atom is -0.357 e. The second kappa shape index (κ2) is 5.49. The highest BCUT2D eigenvalue weighted by Gasteiger charge is 2.22. The molecule has 1 aliphatic heterocycles. The molecule has 1 fully saturated rings. The van der Waals surface area contributed by atoms with E-state index in [9.17, 15) is 0 Å². The molecule has 96 valence electrons. The van der Waals surface area contributed by atoms with Gasteiger partial charge in [-0.05, 0) is 37.8 Å². The summed E-state index contributed by atoms with van der Waals surface area (Å²) in [6, 6.07) is 0. The molecule has 2 unspecified atom stereocenters. The van der Waals surface area contributed by atoms with Crippen LogP contribution in [0.5, 0.6) is 0 Å². The SMILES string of the molecule is CNc1nnc(CC(C)C2CCCNC2)n1C. The molecule has 1 aromatic heterocycles. The molecule has 0 radical (unpaired) electrons. The number of anilines is 1. The maximum Gasteiger partial charge on any atom is 0.224 e. The van der Waals surface area contributed by atoms with Crippen LogP contribution in [0.4, 0.5) is 5.95 Å². The average molecular weight is 237 g/mol. The molecule has 0 bridgehead atoms. The Bertz CT molecular complexity index is 354. The number of hydrogen-bond donors (Lipinski definition) is 2. The lowest BCUT2D eigenvalue weighted by Gasteiger charge is -2.28. The van der Waals surface area contributed by atoms with Crippen molar-refractivity contribution >= 4 is 5.95 Å². The summed E-state index contributed by atoms with van der Waals surface area (Å²) in [6.45, 7) is 4.65. The Labute approximate surface area is 103 Å². The Kier molecular flexibility index (Phi) is 3.99. The lowest BCUT2D eigenvalue weighted by Crippen LogP contribution is -2.34. The Morgan fingerprint density at radius 2 is 2.35 bits per heavy atom. The third kappa shape index (κ3) is 2.77. The van der Waals surface area contributed by atoms with Crippen molar-refractivity contribution in [1.29, 1.82) is 0 Å². The Morgan fingerprint density at radius 1 is 1.53 bits per heavy atom. The van der Waals surface area contributed by atoms with Crippen molar-refractivity contribution < 1.29 is 0 Å². The molecule has 2 N–H and O–H groups in total. The van der Waals surface area contributed by atoms with Gasteiger partial charge in [0.05, 0.1) is 0 Å². The number of nitrogens with one attached hydrogen (secondary N) is 2. The van der Waals surface area contributed by atoms with Crippen molar-refractivity contribution in [3.63, 3.8) is 0 Å². The molecule has 17 heavy (non-hydrogen) atoms. The maximum absolute atomic E-state index is 4.25. The van der Waals surface area contributed by atoms with E-state index in [0.717, 1.165) is 30.7 Å². The number of rotatable bonds is 4. The molecular formula is C12H23N5. The summed E-state index contributed by atoms with van der Waals surface area (Å²) < 4.78 is 2.05. The fourth-order valence-corrected chi connectivity index (χ4v) is 2.58. The topological polar surface area (TPSA) is 54.8 Å². The molecule has 0 aromatic carbocycles. The first-order chi connectivity index (χ1) is 8.22. The Hall–Kier alpha value is -1.10. The van der Waals surface area contributed by atoms with Crippen LogP contribution in [0.25, 0.3) is 0 Å². The quantitative estimate of drug-likeness (QED) is 0.821. The highest BCUT2D eigenvalue weighted by molar-refractivity contribution is 5.23. The van der Waals surface area contributed by atoms with Gasteiger partial charge in [-0.1, -0.05) is 6.92 Å². The summed E-state index contributed by atoms with van der Waals surface area (Å²) >= 11 is 0. The van der Waals surface area contributed by atoms with Crippen molar-refractivity contribution in [2.75, 3.05) is 25.5 Å². The van der Waals surface area contributed by atoms with E-state index < -0.39 is 0 Å². The van der Waals surface area contributed by atoms with Crippen molar-refractivity contribution in [2.45, 2.75) is 26.2 Å². The molecule has 1 aliphatic rings. The van der Waals surface area contributed by atoms with E-state index in [2.05, 4.69) is 27.8 Å².